The van der Waals surface area contributed by atoms with Crippen LogP contribution in [0.15, 0.2) is 6.20 Å². The number of hydrogen-bond acceptors (Lipinski definition) is 7. The zero-order valence-corrected chi connectivity index (χ0v) is 13.3. The molecular weight excluding hydrogens is 296 g/mol. The summed E-state index contributed by atoms with van der Waals surface area (Å²) in [5, 5.41) is 4.40. The van der Waals surface area contributed by atoms with E-state index in [0.29, 0.717) is 18.4 Å². The van der Waals surface area contributed by atoms with Crippen LogP contribution in [-0.4, -0.2) is 33.0 Å². The average Bonchev–Trinajstić information content (AvgIpc) is 2.83. The van der Waals surface area contributed by atoms with E-state index in [0.717, 1.165) is 23.0 Å². The molecule has 0 bridgehead atoms. The number of aryl methyl sites for hydroxylation is 1. The number of hydrogen-bond donors (Lipinski definition) is 1. The Morgan fingerprint density at radius 2 is 2.00 bits per heavy atom. The number of nitrogens with zero attached hydrogens (tertiary/aromatic N) is 5. The quantitative estimate of drug-likeness (QED) is 0.884. The van der Waals surface area contributed by atoms with Gasteiger partial charge in [0.1, 0.15) is 0 Å². The molecule has 0 aliphatic rings. The van der Waals surface area contributed by atoms with Gasteiger partial charge in [0.25, 0.3) is 0 Å². The van der Waals surface area contributed by atoms with E-state index in [2.05, 4.69) is 25.3 Å². The van der Waals surface area contributed by atoms with Crippen LogP contribution in [0.3, 0.4) is 0 Å². The van der Waals surface area contributed by atoms with Gasteiger partial charge in [-0.1, -0.05) is 0 Å². The molecule has 2 heterocycles. The second-order valence-corrected chi connectivity index (χ2v) is 5.76. The minimum atomic E-state index is 0.199. The lowest BCUT2D eigenvalue weighted by atomic mass is 10.5. The Balaban J connectivity index is 2.11. The average molecular weight is 313 g/mol. The van der Waals surface area contributed by atoms with E-state index in [9.17, 15) is 0 Å². The lowest BCUT2D eigenvalue weighted by Gasteiger charge is -2.18. The van der Waals surface area contributed by atoms with E-state index < -0.39 is 0 Å². The molecule has 0 aliphatic heterocycles. The smallest absolute Gasteiger partial charge is 0.231 e. The second-order valence-electron chi connectivity index (χ2n) is 4.10. The summed E-state index contributed by atoms with van der Waals surface area (Å²) < 4.78 is 0. The predicted molar refractivity (Wildman–Crippen MR) is 82.6 cm³/mol. The predicted octanol–water partition coefficient (Wildman–Crippen LogP) is 2.75. The Hall–Kier alpha value is -1.47. The molecule has 1 N–H and O–H groups in total. The highest BCUT2D eigenvalue weighted by atomic mass is 35.5. The molecule has 0 spiro atoms. The number of nitrogens with one attached hydrogen (secondary N) is 1. The van der Waals surface area contributed by atoms with Gasteiger partial charge in [0.05, 0.1) is 11.6 Å². The summed E-state index contributed by atoms with van der Waals surface area (Å²) in [5.74, 6) is 1.08. The molecule has 0 aromatic carbocycles. The van der Waals surface area contributed by atoms with E-state index >= 15 is 0 Å². The van der Waals surface area contributed by atoms with Crippen LogP contribution in [0.5, 0.6) is 0 Å². The molecule has 0 fully saturated rings. The van der Waals surface area contributed by atoms with Crippen molar-refractivity contribution < 1.29 is 0 Å². The summed E-state index contributed by atoms with van der Waals surface area (Å²) in [4.78, 5) is 20.0. The SMILES string of the molecule is CCN(CC)c1nc(Cl)nc(NCc2cnc(C)s2)n1. The van der Waals surface area contributed by atoms with Crippen LogP contribution in [0, 0.1) is 6.92 Å². The third kappa shape index (κ3) is 3.77. The molecule has 20 heavy (non-hydrogen) atoms. The summed E-state index contributed by atoms with van der Waals surface area (Å²) in [7, 11) is 0. The van der Waals surface area contributed by atoms with Crippen LogP contribution in [0.25, 0.3) is 0 Å². The normalized spacial score (nSPS) is 10.6. The Morgan fingerprint density at radius 1 is 1.25 bits per heavy atom. The molecule has 0 aliphatic carbocycles. The van der Waals surface area contributed by atoms with E-state index in [1.807, 2.05) is 31.9 Å². The summed E-state index contributed by atoms with van der Waals surface area (Å²) in [6, 6.07) is 0. The standard InChI is InChI=1S/C12H17ClN6S/c1-4-19(5-2)12-17-10(13)16-11(18-12)15-7-9-6-14-8(3)20-9/h6H,4-5,7H2,1-3H3,(H,15,16,17,18). The molecular formula is C12H17ClN6S. The molecule has 0 atom stereocenters. The molecule has 0 unspecified atom stereocenters. The van der Waals surface area contributed by atoms with Gasteiger partial charge in [-0.25, -0.2) is 4.98 Å². The maximum absolute atomic E-state index is 5.96. The van der Waals surface area contributed by atoms with Crippen molar-refractivity contribution in [1.29, 1.82) is 0 Å². The summed E-state index contributed by atoms with van der Waals surface area (Å²) in [6.07, 6.45) is 1.85. The van der Waals surface area contributed by atoms with Crippen molar-refractivity contribution in [2.24, 2.45) is 0 Å². The number of thiazole rings is 1. The van der Waals surface area contributed by atoms with Gasteiger partial charge in [0.15, 0.2) is 0 Å². The van der Waals surface area contributed by atoms with Gasteiger partial charge in [-0.15, -0.1) is 11.3 Å². The third-order valence-electron chi connectivity index (χ3n) is 2.73. The maximum Gasteiger partial charge on any atom is 0.231 e. The van der Waals surface area contributed by atoms with E-state index in [-0.39, 0.29) is 5.28 Å². The second kappa shape index (κ2) is 6.81. The van der Waals surface area contributed by atoms with Crippen LogP contribution < -0.4 is 10.2 Å². The summed E-state index contributed by atoms with van der Waals surface area (Å²) in [5.41, 5.74) is 0. The monoisotopic (exact) mass is 312 g/mol. The largest absolute Gasteiger partial charge is 0.349 e. The van der Waals surface area contributed by atoms with E-state index in [4.69, 9.17) is 11.6 Å². The van der Waals surface area contributed by atoms with Crippen molar-refractivity contribution in [3.8, 4) is 0 Å². The molecule has 0 radical (unpaired) electrons. The number of halogens is 1. The number of anilines is 2. The first-order chi connectivity index (χ1) is 9.62. The number of aromatic nitrogens is 4. The molecule has 2 rings (SSSR count). The topological polar surface area (TPSA) is 66.8 Å². The first-order valence-electron chi connectivity index (χ1n) is 6.44. The summed E-state index contributed by atoms with van der Waals surface area (Å²) in [6.45, 7) is 8.35. The van der Waals surface area contributed by atoms with Crippen molar-refractivity contribution in [3.63, 3.8) is 0 Å². The lowest BCUT2D eigenvalue weighted by molar-refractivity contribution is 0.811. The van der Waals surface area contributed by atoms with Crippen LogP contribution >= 0.6 is 22.9 Å². The third-order valence-corrected chi connectivity index (χ3v) is 3.81. The maximum atomic E-state index is 5.96. The van der Waals surface area contributed by atoms with E-state index in [1.54, 1.807) is 11.3 Å². The highest BCUT2D eigenvalue weighted by Gasteiger charge is 2.10. The fraction of sp³-hybridized carbons (Fsp3) is 0.500. The lowest BCUT2D eigenvalue weighted by Crippen LogP contribution is -2.25. The van der Waals surface area contributed by atoms with Gasteiger partial charge in [0, 0.05) is 24.2 Å². The van der Waals surface area contributed by atoms with Gasteiger partial charge in [-0.2, -0.15) is 15.0 Å². The van der Waals surface area contributed by atoms with Crippen molar-refractivity contribution in [2.45, 2.75) is 27.3 Å². The Kier molecular flexibility index (Phi) is 5.08. The molecule has 2 aromatic rings. The number of rotatable bonds is 6. The van der Waals surface area contributed by atoms with Gasteiger partial charge in [0.2, 0.25) is 17.2 Å². The van der Waals surface area contributed by atoms with E-state index in [1.165, 1.54) is 0 Å². The fourth-order valence-electron chi connectivity index (χ4n) is 1.72. The summed E-state index contributed by atoms with van der Waals surface area (Å²) >= 11 is 7.60. The highest BCUT2D eigenvalue weighted by Crippen LogP contribution is 2.16. The van der Waals surface area contributed by atoms with Crippen LogP contribution in [0.1, 0.15) is 23.7 Å². The Morgan fingerprint density at radius 3 is 2.60 bits per heavy atom. The van der Waals surface area contributed by atoms with Gasteiger partial charge < -0.3 is 10.2 Å². The van der Waals surface area contributed by atoms with Crippen LogP contribution in [0.2, 0.25) is 5.28 Å². The Labute approximate surface area is 127 Å². The van der Waals surface area contributed by atoms with Gasteiger partial charge >= 0.3 is 0 Å². The van der Waals surface area contributed by atoms with Crippen molar-refractivity contribution >= 4 is 34.8 Å². The molecule has 0 amide bonds. The molecule has 0 saturated heterocycles. The molecule has 0 saturated carbocycles. The van der Waals surface area contributed by atoms with Crippen molar-refractivity contribution in [2.75, 3.05) is 23.3 Å². The van der Waals surface area contributed by atoms with Crippen LogP contribution in [0.4, 0.5) is 11.9 Å². The van der Waals surface area contributed by atoms with Crippen molar-refractivity contribution in [1.82, 2.24) is 19.9 Å². The minimum Gasteiger partial charge on any atom is -0.349 e. The Bertz CT molecular complexity index is 569. The molecule has 6 nitrogen and oxygen atoms in total. The molecule has 108 valence electrons. The minimum absolute atomic E-state index is 0.199. The van der Waals surface area contributed by atoms with Crippen LogP contribution in [-0.2, 0) is 6.54 Å². The molecule has 2 aromatic heterocycles. The van der Waals surface area contributed by atoms with Gasteiger partial charge in [-0.3, -0.25) is 0 Å². The molecule has 8 heteroatoms. The first-order valence-corrected chi connectivity index (χ1v) is 7.63. The fourth-order valence-corrected chi connectivity index (χ4v) is 2.61. The zero-order valence-electron chi connectivity index (χ0n) is 11.7. The zero-order chi connectivity index (χ0) is 14.5. The van der Waals surface area contributed by atoms with Gasteiger partial charge in [-0.05, 0) is 32.4 Å². The highest BCUT2D eigenvalue weighted by molar-refractivity contribution is 7.11. The first kappa shape index (κ1) is 14.9. The van der Waals surface area contributed by atoms with Crippen molar-refractivity contribution in [3.05, 3.63) is 21.4 Å².